The number of hydrogen-bond acceptors (Lipinski definition) is 6. The second kappa shape index (κ2) is 6.77. The van der Waals surface area contributed by atoms with E-state index in [-0.39, 0.29) is 11.8 Å². The predicted molar refractivity (Wildman–Crippen MR) is 61.7 cm³/mol. The van der Waals surface area contributed by atoms with Crippen molar-refractivity contribution in [2.75, 3.05) is 32.7 Å². The third kappa shape index (κ3) is 4.33. The zero-order chi connectivity index (χ0) is 12.7. The number of carbonyl (C=O) groups excluding carboxylic acids is 1. The van der Waals surface area contributed by atoms with Crippen LogP contribution in [0, 0.1) is 0 Å². The summed E-state index contributed by atoms with van der Waals surface area (Å²) in [7, 11) is 3.21. The van der Waals surface area contributed by atoms with Gasteiger partial charge in [0.1, 0.15) is 5.82 Å². The van der Waals surface area contributed by atoms with Crippen molar-refractivity contribution >= 4 is 11.7 Å². The normalized spacial score (nSPS) is 12.1. The molecule has 0 fully saturated rings. The van der Waals surface area contributed by atoms with Crippen LogP contribution in [0.4, 0.5) is 5.82 Å². The second-order valence-electron chi connectivity index (χ2n) is 3.36. The number of methoxy groups -OCH3 is 2. The summed E-state index contributed by atoms with van der Waals surface area (Å²) >= 11 is 0. The molecule has 0 bridgehead atoms. The molecular weight excluding hydrogens is 224 g/mol. The van der Waals surface area contributed by atoms with Crippen molar-refractivity contribution in [2.24, 2.45) is 5.73 Å². The summed E-state index contributed by atoms with van der Waals surface area (Å²) in [5.74, 6) is -0.0497. The molecule has 1 atom stereocenters. The Morgan fingerprint density at radius 1 is 1.47 bits per heavy atom. The molecule has 1 amide bonds. The van der Waals surface area contributed by atoms with Gasteiger partial charge in [-0.3, -0.25) is 4.79 Å². The molecule has 7 nitrogen and oxygen atoms in total. The van der Waals surface area contributed by atoms with Gasteiger partial charge in [-0.2, -0.15) is 0 Å². The maximum Gasteiger partial charge on any atom is 0.269 e. The molecule has 1 heterocycles. The molecule has 0 aliphatic rings. The van der Waals surface area contributed by atoms with Crippen LogP contribution in [0.2, 0.25) is 0 Å². The lowest BCUT2D eigenvalue weighted by molar-refractivity contribution is 0.0365. The molecule has 17 heavy (non-hydrogen) atoms. The van der Waals surface area contributed by atoms with Crippen LogP contribution in [0.1, 0.15) is 10.5 Å². The van der Waals surface area contributed by atoms with Crippen molar-refractivity contribution in [2.45, 2.75) is 6.10 Å². The molecule has 1 aromatic rings. The Morgan fingerprint density at radius 3 is 2.71 bits per heavy atom. The maximum absolute atomic E-state index is 10.8. The molecule has 3 N–H and O–H groups in total. The smallest absolute Gasteiger partial charge is 0.269 e. The van der Waals surface area contributed by atoms with Crippen molar-refractivity contribution in [3.63, 3.8) is 0 Å². The van der Waals surface area contributed by atoms with Crippen molar-refractivity contribution in [3.05, 3.63) is 17.8 Å². The van der Waals surface area contributed by atoms with Gasteiger partial charge in [-0.05, 0) is 12.1 Å². The highest BCUT2D eigenvalue weighted by Crippen LogP contribution is 2.02. The SMILES string of the molecule is COCC(CNc1ccc(C(N)=O)nn1)OC. The maximum atomic E-state index is 10.8. The summed E-state index contributed by atoms with van der Waals surface area (Å²) in [6.45, 7) is 1.02. The summed E-state index contributed by atoms with van der Waals surface area (Å²) in [5.41, 5.74) is 5.18. The second-order valence-corrected chi connectivity index (χ2v) is 3.36. The molecule has 0 spiro atoms. The Hall–Kier alpha value is -1.73. The number of nitrogens with zero attached hydrogens (tertiary/aromatic N) is 2. The minimum absolute atomic E-state index is 0.0717. The Morgan fingerprint density at radius 2 is 2.24 bits per heavy atom. The topological polar surface area (TPSA) is 99.4 Å². The number of aromatic nitrogens is 2. The zero-order valence-corrected chi connectivity index (χ0v) is 9.84. The van der Waals surface area contributed by atoms with Crippen molar-refractivity contribution < 1.29 is 14.3 Å². The van der Waals surface area contributed by atoms with E-state index in [0.717, 1.165) is 0 Å². The Bertz CT molecular complexity index is 355. The fourth-order valence-corrected chi connectivity index (χ4v) is 1.17. The average Bonchev–Trinajstić information content (AvgIpc) is 2.35. The highest BCUT2D eigenvalue weighted by Gasteiger charge is 2.07. The first-order chi connectivity index (χ1) is 8.17. The monoisotopic (exact) mass is 240 g/mol. The van der Waals surface area contributed by atoms with Gasteiger partial charge in [0.2, 0.25) is 0 Å². The van der Waals surface area contributed by atoms with Crippen molar-refractivity contribution in [1.29, 1.82) is 0 Å². The standard InChI is InChI=1S/C10H16N4O3/c1-16-6-7(17-2)5-12-9-4-3-8(10(11)15)13-14-9/h3-4,7H,5-6H2,1-2H3,(H2,11,15)(H,12,14). The molecule has 94 valence electrons. The van der Waals surface area contributed by atoms with Gasteiger partial charge in [-0.1, -0.05) is 0 Å². The lowest BCUT2D eigenvalue weighted by Gasteiger charge is -2.14. The quantitative estimate of drug-likeness (QED) is 0.675. The molecule has 0 radical (unpaired) electrons. The van der Waals surface area contributed by atoms with E-state index in [1.54, 1.807) is 20.3 Å². The fourth-order valence-electron chi connectivity index (χ4n) is 1.17. The summed E-state index contributed by atoms with van der Waals surface area (Å²) in [6.07, 6.45) is -0.0717. The Balaban J connectivity index is 2.48. The number of primary amides is 1. The van der Waals surface area contributed by atoms with Gasteiger partial charge in [0.25, 0.3) is 5.91 Å². The third-order valence-corrected chi connectivity index (χ3v) is 2.11. The van der Waals surface area contributed by atoms with Crippen LogP contribution in [-0.4, -0.2) is 49.6 Å². The molecule has 0 aromatic carbocycles. The number of nitrogens with two attached hydrogens (primary N) is 1. The number of hydrogen-bond donors (Lipinski definition) is 2. The number of nitrogens with one attached hydrogen (secondary N) is 1. The summed E-state index contributed by atoms with van der Waals surface area (Å²) < 4.78 is 10.1. The van der Waals surface area contributed by atoms with Gasteiger partial charge in [-0.15, -0.1) is 10.2 Å². The third-order valence-electron chi connectivity index (χ3n) is 2.11. The summed E-state index contributed by atoms with van der Waals surface area (Å²) in [6, 6.07) is 3.14. The average molecular weight is 240 g/mol. The van der Waals surface area contributed by atoms with Gasteiger partial charge < -0.3 is 20.5 Å². The molecule has 0 saturated heterocycles. The molecular formula is C10H16N4O3. The number of rotatable bonds is 7. The largest absolute Gasteiger partial charge is 0.382 e. The van der Waals surface area contributed by atoms with Crippen LogP contribution >= 0.6 is 0 Å². The zero-order valence-electron chi connectivity index (χ0n) is 9.84. The molecule has 0 aliphatic heterocycles. The van der Waals surface area contributed by atoms with Gasteiger partial charge in [-0.25, -0.2) is 0 Å². The first-order valence-electron chi connectivity index (χ1n) is 5.06. The predicted octanol–water partition coefficient (Wildman–Crippen LogP) is -0.351. The molecule has 7 heteroatoms. The van der Waals surface area contributed by atoms with Gasteiger partial charge >= 0.3 is 0 Å². The first-order valence-corrected chi connectivity index (χ1v) is 5.06. The lowest BCUT2D eigenvalue weighted by atomic mass is 10.3. The number of anilines is 1. The molecule has 1 rings (SSSR count). The Labute approximate surface area is 99.3 Å². The van der Waals surface area contributed by atoms with E-state index in [9.17, 15) is 4.79 Å². The van der Waals surface area contributed by atoms with Crippen molar-refractivity contribution in [1.82, 2.24) is 10.2 Å². The van der Waals surface area contributed by atoms with Crippen LogP contribution in [0.15, 0.2) is 12.1 Å². The van der Waals surface area contributed by atoms with Gasteiger partial charge in [0.15, 0.2) is 5.69 Å². The van der Waals surface area contributed by atoms with Crippen LogP contribution in [0.25, 0.3) is 0 Å². The summed E-state index contributed by atoms with van der Waals surface area (Å²) in [5, 5.41) is 10.5. The molecule has 0 saturated carbocycles. The van der Waals surface area contributed by atoms with Crippen LogP contribution in [0.3, 0.4) is 0 Å². The number of carbonyl (C=O) groups is 1. The van der Waals surface area contributed by atoms with Crippen LogP contribution in [0.5, 0.6) is 0 Å². The van der Waals surface area contributed by atoms with E-state index in [0.29, 0.717) is 19.0 Å². The fraction of sp³-hybridized carbons (Fsp3) is 0.500. The molecule has 1 aromatic heterocycles. The Kier molecular flexibility index (Phi) is 5.31. The van der Waals surface area contributed by atoms with E-state index in [1.807, 2.05) is 0 Å². The highest BCUT2D eigenvalue weighted by atomic mass is 16.5. The minimum Gasteiger partial charge on any atom is -0.382 e. The van der Waals surface area contributed by atoms with Crippen molar-refractivity contribution in [3.8, 4) is 0 Å². The summed E-state index contributed by atoms with van der Waals surface area (Å²) in [4.78, 5) is 10.8. The number of amides is 1. The molecule has 1 unspecified atom stereocenters. The van der Waals surface area contributed by atoms with E-state index < -0.39 is 5.91 Å². The van der Waals surface area contributed by atoms with E-state index in [1.165, 1.54) is 6.07 Å². The lowest BCUT2D eigenvalue weighted by Crippen LogP contribution is -2.27. The highest BCUT2D eigenvalue weighted by molar-refractivity contribution is 5.90. The van der Waals surface area contributed by atoms with Gasteiger partial charge in [0.05, 0.1) is 12.7 Å². The minimum atomic E-state index is -0.599. The first kappa shape index (κ1) is 13.3. The number of ether oxygens (including phenoxy) is 2. The van der Waals surface area contributed by atoms with Crippen LogP contribution in [-0.2, 0) is 9.47 Å². The molecule has 0 aliphatic carbocycles. The van der Waals surface area contributed by atoms with Crippen LogP contribution < -0.4 is 11.1 Å². The van der Waals surface area contributed by atoms with E-state index in [2.05, 4.69) is 15.5 Å². The van der Waals surface area contributed by atoms with E-state index >= 15 is 0 Å². The van der Waals surface area contributed by atoms with E-state index in [4.69, 9.17) is 15.2 Å². The van der Waals surface area contributed by atoms with Gasteiger partial charge in [0, 0.05) is 20.8 Å².